The number of benzene rings is 2. The highest BCUT2D eigenvalue weighted by atomic mass is 16.5. The standard InChI is InChI=1S/C24H30N2O3/c1-4-5-14-25-23(27)21-16-26(24(28)18-11-7-6-10-17(18)2)15-20(21)19-12-8-9-13-22(19)29-3/h6-13,20-21H,4-5,14-16H2,1-3H3,(H,25,27). The molecule has 1 saturated heterocycles. The summed E-state index contributed by atoms with van der Waals surface area (Å²) in [4.78, 5) is 28.0. The third kappa shape index (κ3) is 4.61. The van der Waals surface area contributed by atoms with Crippen LogP contribution in [0, 0.1) is 12.8 Å². The molecular formula is C24H30N2O3. The lowest BCUT2D eigenvalue weighted by atomic mass is 9.87. The number of ether oxygens (including phenoxy) is 1. The van der Waals surface area contributed by atoms with Crippen molar-refractivity contribution in [3.05, 3.63) is 65.2 Å². The van der Waals surface area contributed by atoms with Gasteiger partial charge in [0, 0.05) is 31.1 Å². The first-order valence-electron chi connectivity index (χ1n) is 10.3. The minimum atomic E-state index is -0.295. The van der Waals surface area contributed by atoms with Crippen LogP contribution in [0.3, 0.4) is 0 Å². The number of rotatable bonds is 7. The number of unbranched alkanes of at least 4 members (excludes halogenated alkanes) is 1. The van der Waals surface area contributed by atoms with Crippen molar-refractivity contribution in [2.45, 2.75) is 32.6 Å². The fraction of sp³-hybridized carbons (Fsp3) is 0.417. The van der Waals surface area contributed by atoms with Crippen LogP contribution in [0.2, 0.25) is 0 Å². The predicted molar refractivity (Wildman–Crippen MR) is 114 cm³/mol. The summed E-state index contributed by atoms with van der Waals surface area (Å²) in [7, 11) is 1.64. The van der Waals surface area contributed by atoms with E-state index < -0.39 is 0 Å². The van der Waals surface area contributed by atoms with E-state index in [9.17, 15) is 9.59 Å². The van der Waals surface area contributed by atoms with Gasteiger partial charge in [-0.1, -0.05) is 49.7 Å². The molecule has 29 heavy (non-hydrogen) atoms. The molecule has 2 atom stereocenters. The summed E-state index contributed by atoms with van der Waals surface area (Å²) in [6.07, 6.45) is 1.97. The van der Waals surface area contributed by atoms with Crippen molar-refractivity contribution in [3.63, 3.8) is 0 Å². The van der Waals surface area contributed by atoms with Gasteiger partial charge in [0.1, 0.15) is 5.75 Å². The summed E-state index contributed by atoms with van der Waals surface area (Å²) < 4.78 is 5.55. The first-order valence-corrected chi connectivity index (χ1v) is 10.3. The van der Waals surface area contributed by atoms with Gasteiger partial charge in [0.25, 0.3) is 5.91 Å². The number of hydrogen-bond acceptors (Lipinski definition) is 3. The van der Waals surface area contributed by atoms with Gasteiger partial charge >= 0.3 is 0 Å². The minimum absolute atomic E-state index is 0.00874. The molecule has 0 aromatic heterocycles. The first kappa shape index (κ1) is 20.9. The summed E-state index contributed by atoms with van der Waals surface area (Å²) in [5.74, 6) is 0.354. The Morgan fingerprint density at radius 3 is 2.55 bits per heavy atom. The molecule has 5 heteroatoms. The number of methoxy groups -OCH3 is 1. The molecule has 2 unspecified atom stereocenters. The first-order chi connectivity index (χ1) is 14.1. The molecule has 5 nitrogen and oxygen atoms in total. The lowest BCUT2D eigenvalue weighted by Crippen LogP contribution is -2.36. The second-order valence-corrected chi connectivity index (χ2v) is 7.62. The van der Waals surface area contributed by atoms with Crippen LogP contribution >= 0.6 is 0 Å². The number of para-hydroxylation sites is 1. The van der Waals surface area contributed by atoms with Crippen molar-refractivity contribution in [1.82, 2.24) is 10.2 Å². The van der Waals surface area contributed by atoms with E-state index in [2.05, 4.69) is 12.2 Å². The van der Waals surface area contributed by atoms with E-state index in [1.54, 1.807) is 7.11 Å². The zero-order valence-electron chi connectivity index (χ0n) is 17.5. The van der Waals surface area contributed by atoms with Gasteiger partial charge in [-0.2, -0.15) is 0 Å². The van der Waals surface area contributed by atoms with Crippen LogP contribution in [-0.2, 0) is 4.79 Å². The maximum Gasteiger partial charge on any atom is 0.254 e. The average molecular weight is 395 g/mol. The molecule has 0 spiro atoms. The van der Waals surface area contributed by atoms with E-state index in [1.807, 2.05) is 60.4 Å². The largest absolute Gasteiger partial charge is 0.496 e. The lowest BCUT2D eigenvalue weighted by Gasteiger charge is -2.20. The Labute approximate surface area is 173 Å². The Balaban J connectivity index is 1.88. The number of carbonyl (C=O) groups is 2. The second-order valence-electron chi connectivity index (χ2n) is 7.62. The highest BCUT2D eigenvalue weighted by Crippen LogP contribution is 2.38. The van der Waals surface area contributed by atoms with E-state index in [0.29, 0.717) is 25.2 Å². The quantitative estimate of drug-likeness (QED) is 0.727. The van der Waals surface area contributed by atoms with E-state index >= 15 is 0 Å². The van der Waals surface area contributed by atoms with Gasteiger partial charge in [-0.25, -0.2) is 0 Å². The third-order valence-corrected chi connectivity index (χ3v) is 5.69. The molecule has 2 amide bonds. The zero-order chi connectivity index (χ0) is 20.8. The smallest absolute Gasteiger partial charge is 0.254 e. The maximum atomic E-state index is 13.2. The zero-order valence-corrected chi connectivity index (χ0v) is 17.5. The normalized spacial score (nSPS) is 18.5. The average Bonchev–Trinajstić information content (AvgIpc) is 3.19. The number of carbonyl (C=O) groups excluding carboxylic acids is 2. The third-order valence-electron chi connectivity index (χ3n) is 5.69. The molecule has 0 radical (unpaired) electrons. The van der Waals surface area contributed by atoms with Crippen LogP contribution in [0.1, 0.15) is 47.2 Å². The SMILES string of the molecule is CCCCNC(=O)C1CN(C(=O)c2ccccc2C)CC1c1ccccc1OC. The van der Waals surface area contributed by atoms with Gasteiger partial charge in [-0.05, 0) is 36.6 Å². The van der Waals surface area contributed by atoms with E-state index in [-0.39, 0.29) is 23.7 Å². The molecule has 2 aromatic carbocycles. The summed E-state index contributed by atoms with van der Waals surface area (Å²) in [5.41, 5.74) is 2.62. The van der Waals surface area contributed by atoms with Crippen molar-refractivity contribution >= 4 is 11.8 Å². The van der Waals surface area contributed by atoms with Gasteiger partial charge in [-0.15, -0.1) is 0 Å². The monoisotopic (exact) mass is 394 g/mol. The number of nitrogens with one attached hydrogen (secondary N) is 1. The minimum Gasteiger partial charge on any atom is -0.496 e. The summed E-state index contributed by atoms with van der Waals surface area (Å²) in [5, 5.41) is 3.06. The number of amides is 2. The molecular weight excluding hydrogens is 364 g/mol. The Hall–Kier alpha value is -2.82. The van der Waals surface area contributed by atoms with E-state index in [0.717, 1.165) is 29.7 Å². The number of likely N-dealkylation sites (tertiary alicyclic amines) is 1. The molecule has 0 saturated carbocycles. The predicted octanol–water partition coefficient (Wildman–Crippen LogP) is 3.78. The molecule has 1 N–H and O–H groups in total. The van der Waals surface area contributed by atoms with Crippen LogP contribution in [-0.4, -0.2) is 43.5 Å². The molecule has 3 rings (SSSR count). The van der Waals surface area contributed by atoms with Crippen molar-refractivity contribution in [3.8, 4) is 5.75 Å². The topological polar surface area (TPSA) is 58.6 Å². The molecule has 1 aliphatic heterocycles. The van der Waals surface area contributed by atoms with Crippen molar-refractivity contribution in [1.29, 1.82) is 0 Å². The van der Waals surface area contributed by atoms with Gasteiger partial charge in [0.2, 0.25) is 5.91 Å². The molecule has 0 bridgehead atoms. The van der Waals surface area contributed by atoms with Gasteiger partial charge in [0.05, 0.1) is 13.0 Å². The summed E-state index contributed by atoms with van der Waals surface area (Å²) in [6.45, 7) is 5.61. The Morgan fingerprint density at radius 1 is 1.10 bits per heavy atom. The van der Waals surface area contributed by atoms with Gasteiger partial charge in [-0.3, -0.25) is 9.59 Å². The van der Waals surface area contributed by atoms with Crippen LogP contribution in [0.4, 0.5) is 0 Å². The van der Waals surface area contributed by atoms with Gasteiger partial charge in [0.15, 0.2) is 0 Å². The Morgan fingerprint density at radius 2 is 1.83 bits per heavy atom. The molecule has 154 valence electrons. The maximum absolute atomic E-state index is 13.2. The second kappa shape index (κ2) is 9.59. The lowest BCUT2D eigenvalue weighted by molar-refractivity contribution is -0.124. The fourth-order valence-electron chi connectivity index (χ4n) is 4.03. The van der Waals surface area contributed by atoms with Crippen LogP contribution < -0.4 is 10.1 Å². The van der Waals surface area contributed by atoms with Crippen LogP contribution in [0.5, 0.6) is 5.75 Å². The summed E-state index contributed by atoms with van der Waals surface area (Å²) in [6, 6.07) is 15.4. The molecule has 1 fully saturated rings. The van der Waals surface area contributed by atoms with Crippen molar-refractivity contribution in [2.75, 3.05) is 26.7 Å². The highest BCUT2D eigenvalue weighted by molar-refractivity contribution is 5.96. The Kier molecular flexibility index (Phi) is 6.91. The highest BCUT2D eigenvalue weighted by Gasteiger charge is 2.41. The number of nitrogens with zero attached hydrogens (tertiary/aromatic N) is 1. The van der Waals surface area contributed by atoms with Crippen LogP contribution in [0.25, 0.3) is 0 Å². The van der Waals surface area contributed by atoms with E-state index in [4.69, 9.17) is 4.74 Å². The van der Waals surface area contributed by atoms with Crippen molar-refractivity contribution in [2.24, 2.45) is 5.92 Å². The molecule has 0 aliphatic carbocycles. The number of hydrogen-bond donors (Lipinski definition) is 1. The molecule has 2 aromatic rings. The Bertz CT molecular complexity index is 865. The van der Waals surface area contributed by atoms with E-state index in [1.165, 1.54) is 0 Å². The fourth-order valence-corrected chi connectivity index (χ4v) is 4.03. The van der Waals surface area contributed by atoms with Crippen LogP contribution in [0.15, 0.2) is 48.5 Å². The molecule has 1 aliphatic rings. The van der Waals surface area contributed by atoms with Gasteiger partial charge < -0.3 is 15.0 Å². The summed E-state index contributed by atoms with van der Waals surface area (Å²) >= 11 is 0. The number of aryl methyl sites for hydroxylation is 1. The van der Waals surface area contributed by atoms with Crippen molar-refractivity contribution < 1.29 is 14.3 Å². The molecule has 1 heterocycles.